The number of hydrogen-bond donors (Lipinski definition) is 0. The molecule has 0 amide bonds. The van der Waals surface area contributed by atoms with E-state index in [1.165, 1.54) is 66.5 Å². The molecule has 5 aromatic carbocycles. The number of para-hydroxylation sites is 3. The Kier molecular flexibility index (Phi) is 4.03. The summed E-state index contributed by atoms with van der Waals surface area (Å²) in [7, 11) is 0. The highest BCUT2D eigenvalue weighted by Gasteiger charge is 2.40. The molecule has 0 atom stereocenters. The summed E-state index contributed by atoms with van der Waals surface area (Å²) in [5.74, 6) is 0. The first-order valence-corrected chi connectivity index (χ1v) is 13.0. The van der Waals surface area contributed by atoms with Gasteiger partial charge in [0.05, 0.1) is 22.2 Å². The van der Waals surface area contributed by atoms with Gasteiger partial charge in [0.2, 0.25) is 0 Å². The molecule has 1 aliphatic rings. The second-order valence-corrected chi connectivity index (χ2v) is 10.6. The van der Waals surface area contributed by atoms with E-state index in [0.29, 0.717) is 0 Å². The fraction of sp³-hybridized carbons (Fsp3) is 0.0857. The van der Waals surface area contributed by atoms with Crippen molar-refractivity contribution in [1.29, 1.82) is 0 Å². The van der Waals surface area contributed by atoms with Gasteiger partial charge in [0.1, 0.15) is 0 Å². The van der Waals surface area contributed by atoms with Crippen molar-refractivity contribution >= 4 is 32.7 Å². The molecule has 1 aliphatic carbocycles. The number of fused-ring (bicyclic) bond motifs is 8. The Hall–Kier alpha value is -4.56. The Bertz CT molecular complexity index is 2000. The van der Waals surface area contributed by atoms with Gasteiger partial charge in [0.15, 0.2) is 0 Å². The second-order valence-electron chi connectivity index (χ2n) is 10.6. The molecule has 2 nitrogen and oxygen atoms in total. The predicted octanol–water partition coefficient (Wildman–Crippen LogP) is 9.03. The van der Waals surface area contributed by atoms with Gasteiger partial charge in [-0.25, -0.2) is 0 Å². The van der Waals surface area contributed by atoms with E-state index in [2.05, 4.69) is 144 Å². The minimum absolute atomic E-state index is 0.0514. The van der Waals surface area contributed by atoms with Crippen molar-refractivity contribution in [3.05, 3.63) is 132 Å². The first-order chi connectivity index (χ1) is 18.1. The SMILES string of the molecule is CC1(C)c2ccccc2-c2c1c1ccccc1n2-c1ccc2c(c1)c1ccccc1n2-c1ccccc1. The van der Waals surface area contributed by atoms with E-state index in [0.717, 1.165) is 0 Å². The van der Waals surface area contributed by atoms with E-state index in [4.69, 9.17) is 0 Å². The summed E-state index contributed by atoms with van der Waals surface area (Å²) < 4.78 is 4.87. The van der Waals surface area contributed by atoms with Gasteiger partial charge in [-0.1, -0.05) is 92.7 Å². The maximum absolute atomic E-state index is 2.49. The van der Waals surface area contributed by atoms with Gasteiger partial charge >= 0.3 is 0 Å². The van der Waals surface area contributed by atoms with Crippen molar-refractivity contribution in [2.24, 2.45) is 0 Å². The van der Waals surface area contributed by atoms with Crippen molar-refractivity contribution in [2.45, 2.75) is 19.3 Å². The van der Waals surface area contributed by atoms with Gasteiger partial charge in [-0.05, 0) is 53.6 Å². The standard InChI is InChI=1S/C35H26N2/c1-35(2)29-17-9-6-15-26(29)34-33(35)27-16-8-11-19-31(27)37(34)24-20-21-32-28(22-24)25-14-7-10-18-30(25)36(32)23-12-4-3-5-13-23/h3-22H,1-2H3. The van der Waals surface area contributed by atoms with Gasteiger partial charge < -0.3 is 9.13 Å². The quantitative estimate of drug-likeness (QED) is 0.236. The molecule has 0 spiro atoms. The number of nitrogens with zero attached hydrogens (tertiary/aromatic N) is 2. The smallest absolute Gasteiger partial charge is 0.0584 e. The molecule has 2 aromatic heterocycles. The lowest BCUT2D eigenvalue weighted by Crippen LogP contribution is -2.14. The first kappa shape index (κ1) is 20.6. The van der Waals surface area contributed by atoms with Crippen LogP contribution in [-0.2, 0) is 5.41 Å². The van der Waals surface area contributed by atoms with Gasteiger partial charge in [-0.15, -0.1) is 0 Å². The van der Waals surface area contributed by atoms with Gasteiger partial charge in [0.25, 0.3) is 0 Å². The predicted molar refractivity (Wildman–Crippen MR) is 155 cm³/mol. The topological polar surface area (TPSA) is 9.86 Å². The molecule has 0 aliphatic heterocycles. The van der Waals surface area contributed by atoms with Gasteiger partial charge in [-0.2, -0.15) is 0 Å². The third-order valence-electron chi connectivity index (χ3n) is 8.28. The zero-order valence-electron chi connectivity index (χ0n) is 20.9. The lowest BCUT2D eigenvalue weighted by atomic mass is 9.81. The molecule has 37 heavy (non-hydrogen) atoms. The number of benzene rings is 5. The lowest BCUT2D eigenvalue weighted by molar-refractivity contribution is 0.666. The third-order valence-corrected chi connectivity index (χ3v) is 8.28. The van der Waals surface area contributed by atoms with Crippen LogP contribution in [0.3, 0.4) is 0 Å². The van der Waals surface area contributed by atoms with Crippen LogP contribution < -0.4 is 0 Å². The number of aromatic nitrogens is 2. The van der Waals surface area contributed by atoms with E-state index in [1.807, 2.05) is 0 Å². The summed E-state index contributed by atoms with van der Waals surface area (Å²) in [5.41, 5.74) is 11.6. The second kappa shape index (κ2) is 7.24. The van der Waals surface area contributed by atoms with Crippen molar-refractivity contribution in [2.75, 3.05) is 0 Å². The molecular formula is C35H26N2. The van der Waals surface area contributed by atoms with Crippen molar-refractivity contribution < 1.29 is 0 Å². The monoisotopic (exact) mass is 474 g/mol. The molecule has 176 valence electrons. The van der Waals surface area contributed by atoms with Crippen LogP contribution in [0.2, 0.25) is 0 Å². The summed E-state index contributed by atoms with van der Waals surface area (Å²) in [6.07, 6.45) is 0. The molecule has 0 bridgehead atoms. The molecule has 2 heteroatoms. The zero-order chi connectivity index (χ0) is 24.7. The molecule has 2 heterocycles. The Labute approximate surface area is 216 Å². The van der Waals surface area contributed by atoms with Gasteiger partial charge in [-0.3, -0.25) is 0 Å². The van der Waals surface area contributed by atoms with Crippen molar-refractivity contribution in [3.8, 4) is 22.6 Å². The van der Waals surface area contributed by atoms with Crippen LogP contribution in [0.1, 0.15) is 25.0 Å². The van der Waals surface area contributed by atoms with Gasteiger partial charge in [0, 0.05) is 38.5 Å². The van der Waals surface area contributed by atoms with Crippen LogP contribution in [0.15, 0.2) is 121 Å². The Morgan fingerprint density at radius 3 is 1.92 bits per heavy atom. The largest absolute Gasteiger partial charge is 0.309 e. The Morgan fingerprint density at radius 2 is 1.11 bits per heavy atom. The van der Waals surface area contributed by atoms with E-state index in [1.54, 1.807) is 0 Å². The fourth-order valence-electron chi connectivity index (χ4n) is 6.72. The summed E-state index contributed by atoms with van der Waals surface area (Å²) in [4.78, 5) is 0. The number of rotatable bonds is 2. The molecule has 8 rings (SSSR count). The highest BCUT2D eigenvalue weighted by atomic mass is 15.0. The minimum atomic E-state index is -0.0514. The molecule has 0 unspecified atom stereocenters. The zero-order valence-corrected chi connectivity index (χ0v) is 20.9. The first-order valence-electron chi connectivity index (χ1n) is 13.0. The summed E-state index contributed by atoms with van der Waals surface area (Å²) in [6, 6.07) is 44.2. The van der Waals surface area contributed by atoms with Crippen molar-refractivity contribution in [1.82, 2.24) is 9.13 Å². The maximum atomic E-state index is 2.49. The fourth-order valence-corrected chi connectivity index (χ4v) is 6.72. The van der Waals surface area contributed by atoms with Crippen LogP contribution in [0.5, 0.6) is 0 Å². The average molecular weight is 475 g/mol. The highest BCUT2D eigenvalue weighted by molar-refractivity contribution is 6.10. The van der Waals surface area contributed by atoms with Crippen LogP contribution in [0.4, 0.5) is 0 Å². The Morgan fingerprint density at radius 1 is 0.486 bits per heavy atom. The van der Waals surface area contributed by atoms with E-state index >= 15 is 0 Å². The van der Waals surface area contributed by atoms with Crippen LogP contribution in [-0.4, -0.2) is 9.13 Å². The molecule has 0 saturated carbocycles. The minimum Gasteiger partial charge on any atom is -0.309 e. The normalized spacial score (nSPS) is 13.9. The summed E-state index contributed by atoms with van der Waals surface area (Å²) in [5, 5.41) is 3.89. The third kappa shape index (κ3) is 2.65. The van der Waals surface area contributed by atoms with Crippen LogP contribution in [0, 0.1) is 0 Å². The van der Waals surface area contributed by atoms with E-state index < -0.39 is 0 Å². The lowest BCUT2D eigenvalue weighted by Gasteiger charge is -2.21. The maximum Gasteiger partial charge on any atom is 0.0584 e. The van der Waals surface area contributed by atoms with Crippen LogP contribution in [0.25, 0.3) is 55.3 Å². The van der Waals surface area contributed by atoms with E-state index in [9.17, 15) is 0 Å². The Balaban J connectivity index is 1.48. The van der Waals surface area contributed by atoms with Crippen molar-refractivity contribution in [3.63, 3.8) is 0 Å². The summed E-state index contributed by atoms with van der Waals surface area (Å²) in [6.45, 7) is 4.73. The van der Waals surface area contributed by atoms with E-state index in [-0.39, 0.29) is 5.41 Å². The van der Waals surface area contributed by atoms with Crippen LogP contribution >= 0.6 is 0 Å². The summed E-state index contributed by atoms with van der Waals surface area (Å²) >= 11 is 0. The highest BCUT2D eigenvalue weighted by Crippen LogP contribution is 2.53. The molecular weight excluding hydrogens is 448 g/mol. The average Bonchev–Trinajstić information content (AvgIpc) is 3.54. The molecule has 0 N–H and O–H groups in total. The number of hydrogen-bond acceptors (Lipinski definition) is 0. The molecule has 0 saturated heterocycles. The molecule has 7 aromatic rings. The molecule has 0 fully saturated rings. The molecule has 0 radical (unpaired) electrons.